The molecule has 7 heteroatoms. The molecule has 1 aromatic carbocycles. The maximum Gasteiger partial charge on any atom is 0.310 e. The van der Waals surface area contributed by atoms with E-state index in [9.17, 15) is 8.42 Å². The summed E-state index contributed by atoms with van der Waals surface area (Å²) in [6.07, 6.45) is 0. The van der Waals surface area contributed by atoms with Gasteiger partial charge in [0.2, 0.25) is 0 Å². The van der Waals surface area contributed by atoms with Gasteiger partial charge < -0.3 is 4.18 Å². The van der Waals surface area contributed by atoms with E-state index in [0.717, 1.165) is 16.7 Å². The van der Waals surface area contributed by atoms with Gasteiger partial charge in [0.25, 0.3) is 0 Å². The van der Waals surface area contributed by atoms with Gasteiger partial charge in [0.1, 0.15) is 10.1 Å². The minimum absolute atomic E-state index is 0.00780. The van der Waals surface area contributed by atoms with Crippen molar-refractivity contribution in [1.82, 2.24) is 0 Å². The Morgan fingerprint density at radius 3 is 2.78 bits per heavy atom. The summed E-state index contributed by atoms with van der Waals surface area (Å²) in [5.41, 5.74) is 0. The highest BCUT2D eigenvalue weighted by atomic mass is 32.2. The zero-order valence-electron chi connectivity index (χ0n) is 9.61. The van der Waals surface area contributed by atoms with Crippen molar-refractivity contribution in [2.45, 2.75) is 0 Å². The minimum atomic E-state index is -3.51. The van der Waals surface area contributed by atoms with Gasteiger partial charge in [0.05, 0.1) is 12.3 Å². The Hall–Kier alpha value is -0.660. The van der Waals surface area contributed by atoms with Crippen LogP contribution in [0.25, 0.3) is 0 Å². The third-order valence-electron chi connectivity index (χ3n) is 2.08. The molecule has 98 valence electrons. The molecular weight excluding hydrogens is 290 g/mol. The smallest absolute Gasteiger partial charge is 0.310 e. The summed E-state index contributed by atoms with van der Waals surface area (Å²) in [4.78, 5) is 4.25. The predicted octanol–water partition coefficient (Wildman–Crippen LogP) is 2.23. The van der Waals surface area contributed by atoms with E-state index >= 15 is 0 Å². The van der Waals surface area contributed by atoms with Crippen molar-refractivity contribution in [3.8, 4) is 5.75 Å². The molecule has 1 heterocycles. The molecule has 0 radical (unpaired) electrons. The first-order valence-electron chi connectivity index (χ1n) is 5.43. The molecule has 0 N–H and O–H groups in total. The Bertz CT molecular complexity index is 514. The minimum Gasteiger partial charge on any atom is -0.382 e. The first-order valence-corrected chi connectivity index (χ1v) is 8.98. The van der Waals surface area contributed by atoms with Crippen molar-refractivity contribution < 1.29 is 12.6 Å². The number of nitrogens with zero attached hydrogens (tertiary/aromatic N) is 1. The van der Waals surface area contributed by atoms with Gasteiger partial charge in [-0.25, -0.2) is 0 Å². The number of para-hydroxylation sites is 1. The Morgan fingerprint density at radius 1 is 1.33 bits per heavy atom. The molecule has 0 aromatic heterocycles. The summed E-state index contributed by atoms with van der Waals surface area (Å²) >= 11 is 3.15. The van der Waals surface area contributed by atoms with Crippen LogP contribution in [0.15, 0.2) is 35.3 Å². The second kappa shape index (κ2) is 6.49. The Morgan fingerprint density at radius 2 is 2.11 bits per heavy atom. The fourth-order valence-corrected chi connectivity index (χ4v) is 4.67. The first-order chi connectivity index (χ1) is 8.66. The third kappa shape index (κ3) is 4.55. The average Bonchev–Trinajstić information content (AvgIpc) is 2.82. The first kappa shape index (κ1) is 13.8. The number of thioether (sulfide) groups is 2. The molecule has 0 saturated heterocycles. The van der Waals surface area contributed by atoms with Gasteiger partial charge in [-0.15, -0.1) is 0 Å². The van der Waals surface area contributed by atoms with Gasteiger partial charge in [-0.3, -0.25) is 4.99 Å². The maximum absolute atomic E-state index is 11.7. The van der Waals surface area contributed by atoms with Crippen LogP contribution in [0, 0.1) is 0 Å². The van der Waals surface area contributed by atoms with Crippen LogP contribution in [0.5, 0.6) is 5.75 Å². The molecule has 0 unspecified atom stereocenters. The number of hydrogen-bond acceptors (Lipinski definition) is 6. The standard InChI is InChI=1S/C11H13NO3S3/c13-18(14,15-10-4-2-1-3-5-10)9-8-17-11-12-6-7-16-11/h1-5H,6-9H2. The molecule has 0 aliphatic carbocycles. The summed E-state index contributed by atoms with van der Waals surface area (Å²) in [5.74, 6) is 1.82. The predicted molar refractivity (Wildman–Crippen MR) is 78.1 cm³/mol. The van der Waals surface area contributed by atoms with Crippen LogP contribution in [0.3, 0.4) is 0 Å². The Balaban J connectivity index is 1.80. The average molecular weight is 303 g/mol. The van der Waals surface area contributed by atoms with E-state index < -0.39 is 10.1 Å². The summed E-state index contributed by atoms with van der Waals surface area (Å²) in [6, 6.07) is 8.54. The lowest BCUT2D eigenvalue weighted by Gasteiger charge is -2.06. The molecule has 0 bridgehead atoms. The van der Waals surface area contributed by atoms with Gasteiger partial charge in [-0.2, -0.15) is 8.42 Å². The lowest BCUT2D eigenvalue weighted by Crippen LogP contribution is -2.15. The van der Waals surface area contributed by atoms with Crippen molar-refractivity contribution in [3.05, 3.63) is 30.3 Å². The summed E-state index contributed by atoms with van der Waals surface area (Å²) in [5, 5.41) is 0. The van der Waals surface area contributed by atoms with E-state index in [-0.39, 0.29) is 5.75 Å². The zero-order chi connectivity index (χ0) is 12.8. The van der Waals surface area contributed by atoms with E-state index in [1.54, 1.807) is 36.0 Å². The second-order valence-electron chi connectivity index (χ2n) is 3.50. The summed E-state index contributed by atoms with van der Waals surface area (Å²) in [7, 11) is -3.51. The van der Waals surface area contributed by atoms with Gasteiger partial charge in [0.15, 0.2) is 0 Å². The third-order valence-corrected chi connectivity index (χ3v) is 5.75. The van der Waals surface area contributed by atoms with E-state index in [4.69, 9.17) is 4.18 Å². The molecule has 1 aliphatic heterocycles. The lowest BCUT2D eigenvalue weighted by atomic mass is 10.3. The molecule has 2 rings (SSSR count). The van der Waals surface area contributed by atoms with Crippen molar-refractivity contribution >= 4 is 38.0 Å². The van der Waals surface area contributed by atoms with Crippen molar-refractivity contribution in [1.29, 1.82) is 0 Å². The quantitative estimate of drug-likeness (QED) is 0.781. The lowest BCUT2D eigenvalue weighted by molar-refractivity contribution is 0.488. The molecular formula is C11H13NO3S3. The number of benzene rings is 1. The molecule has 4 nitrogen and oxygen atoms in total. The van der Waals surface area contributed by atoms with Crippen LogP contribution in [-0.2, 0) is 10.1 Å². The highest BCUT2D eigenvalue weighted by Crippen LogP contribution is 2.22. The monoisotopic (exact) mass is 303 g/mol. The van der Waals surface area contributed by atoms with Gasteiger partial charge >= 0.3 is 10.1 Å². The SMILES string of the molecule is O=S(=O)(CCSC1=NCCS1)Oc1ccccc1. The Labute approximate surface area is 115 Å². The second-order valence-corrected chi connectivity index (χ2v) is 7.62. The molecule has 0 amide bonds. The van der Waals surface area contributed by atoms with Crippen LogP contribution in [-0.4, -0.2) is 36.6 Å². The fourth-order valence-electron chi connectivity index (χ4n) is 1.30. The largest absolute Gasteiger partial charge is 0.382 e. The normalized spacial score (nSPS) is 15.4. The molecule has 0 saturated carbocycles. The fraction of sp³-hybridized carbons (Fsp3) is 0.364. The van der Waals surface area contributed by atoms with Crippen molar-refractivity contribution in [2.75, 3.05) is 23.8 Å². The van der Waals surface area contributed by atoms with Gasteiger partial charge in [-0.1, -0.05) is 41.7 Å². The molecule has 0 spiro atoms. The van der Waals surface area contributed by atoms with Crippen LogP contribution in [0.1, 0.15) is 0 Å². The molecule has 18 heavy (non-hydrogen) atoms. The Kier molecular flexibility index (Phi) is 4.96. The van der Waals surface area contributed by atoms with E-state index in [2.05, 4.69) is 4.99 Å². The van der Waals surface area contributed by atoms with E-state index in [1.807, 2.05) is 6.07 Å². The summed E-state index contributed by atoms with van der Waals surface area (Å²) in [6.45, 7) is 0.834. The van der Waals surface area contributed by atoms with Crippen LogP contribution in [0.4, 0.5) is 0 Å². The summed E-state index contributed by atoms with van der Waals surface area (Å²) < 4.78 is 29.3. The van der Waals surface area contributed by atoms with Gasteiger partial charge in [-0.05, 0) is 12.1 Å². The highest BCUT2D eigenvalue weighted by Gasteiger charge is 2.14. The molecule has 0 fully saturated rings. The number of rotatable bonds is 5. The maximum atomic E-state index is 11.7. The zero-order valence-corrected chi connectivity index (χ0v) is 12.1. The topological polar surface area (TPSA) is 55.7 Å². The molecule has 1 aromatic rings. The molecule has 0 atom stereocenters. The molecule has 1 aliphatic rings. The van der Waals surface area contributed by atoms with Crippen LogP contribution >= 0.6 is 23.5 Å². The van der Waals surface area contributed by atoms with Gasteiger partial charge in [0, 0.05) is 11.5 Å². The van der Waals surface area contributed by atoms with Crippen LogP contribution < -0.4 is 4.18 Å². The van der Waals surface area contributed by atoms with Crippen molar-refractivity contribution in [2.24, 2.45) is 4.99 Å². The number of aliphatic imine (C=N–C) groups is 1. The van der Waals surface area contributed by atoms with Crippen molar-refractivity contribution in [3.63, 3.8) is 0 Å². The number of hydrogen-bond donors (Lipinski definition) is 0. The van der Waals surface area contributed by atoms with Crippen LogP contribution in [0.2, 0.25) is 0 Å². The van der Waals surface area contributed by atoms with E-state index in [1.165, 1.54) is 11.8 Å². The highest BCUT2D eigenvalue weighted by molar-refractivity contribution is 8.39. The van der Waals surface area contributed by atoms with E-state index in [0.29, 0.717) is 11.5 Å².